The lowest BCUT2D eigenvalue weighted by Crippen LogP contribution is -2.74. The molecule has 92 valence electrons. The van der Waals surface area contributed by atoms with Gasteiger partial charge in [-0.2, -0.15) is 0 Å². The summed E-state index contributed by atoms with van der Waals surface area (Å²) in [4.78, 5) is 25.4. The molecular weight excluding hydrogens is 206 g/mol. The third-order valence-corrected chi connectivity index (χ3v) is 2.94. The number of carbonyl (C=O) groups excluding carboxylic acids is 2. The summed E-state index contributed by atoms with van der Waals surface area (Å²) in [7, 11) is 0. The van der Waals surface area contributed by atoms with Crippen LogP contribution in [0.5, 0.6) is 0 Å². The number of rotatable bonds is 2. The number of esters is 1. The number of nitrogens with zero attached hydrogens (tertiary/aromatic N) is 1. The van der Waals surface area contributed by atoms with Crippen molar-refractivity contribution in [1.82, 2.24) is 4.90 Å². The fourth-order valence-corrected chi connectivity index (χ4v) is 2.11. The van der Waals surface area contributed by atoms with Crippen LogP contribution in [-0.2, 0) is 14.3 Å². The minimum absolute atomic E-state index is 0.0121. The largest absolute Gasteiger partial charge is 0.464 e. The maximum Gasteiger partial charge on any atom is 0.329 e. The number of β-lactam (4-membered cyclic amide) rings is 1. The molecule has 0 aromatic carbocycles. The molecule has 0 aliphatic carbocycles. The molecule has 4 heteroatoms. The fraction of sp³-hybridized carbons (Fsp3) is 0.833. The summed E-state index contributed by atoms with van der Waals surface area (Å²) in [6.07, 6.45) is 0. The molecule has 16 heavy (non-hydrogen) atoms. The van der Waals surface area contributed by atoms with Gasteiger partial charge >= 0.3 is 5.97 Å². The maximum absolute atomic E-state index is 12.0. The van der Waals surface area contributed by atoms with Gasteiger partial charge in [-0.05, 0) is 41.5 Å². The number of carbonyl (C=O) groups is 2. The first-order valence-corrected chi connectivity index (χ1v) is 5.64. The number of likely N-dealkylation sites (tertiary alicyclic amines) is 1. The highest BCUT2D eigenvalue weighted by Crippen LogP contribution is 2.43. The van der Waals surface area contributed by atoms with Crippen molar-refractivity contribution < 1.29 is 14.3 Å². The molecule has 0 saturated carbocycles. The van der Waals surface area contributed by atoms with Crippen LogP contribution < -0.4 is 0 Å². The second-order valence-corrected chi connectivity index (χ2v) is 5.72. The molecule has 1 aliphatic rings. The van der Waals surface area contributed by atoms with E-state index in [1.165, 1.54) is 0 Å². The molecule has 1 atom stereocenters. The molecule has 1 aliphatic heterocycles. The highest BCUT2D eigenvalue weighted by atomic mass is 16.5. The predicted molar refractivity (Wildman–Crippen MR) is 60.8 cm³/mol. The standard InChI is InChI=1S/C12H21NO3/c1-7-16-9(14)8-12(5,6)10(15)13(8)11(2,3)4/h8H,7H2,1-6H3/t8-/m1/s1. The normalized spacial score (nSPS) is 24.0. The Morgan fingerprint density at radius 1 is 1.44 bits per heavy atom. The van der Waals surface area contributed by atoms with Gasteiger partial charge in [0.1, 0.15) is 6.04 Å². The van der Waals surface area contributed by atoms with Gasteiger partial charge < -0.3 is 9.64 Å². The molecule has 0 N–H and O–H groups in total. The first-order valence-electron chi connectivity index (χ1n) is 5.64. The van der Waals surface area contributed by atoms with E-state index in [9.17, 15) is 9.59 Å². The Kier molecular flexibility index (Phi) is 3.05. The van der Waals surface area contributed by atoms with E-state index in [2.05, 4.69) is 0 Å². The van der Waals surface area contributed by atoms with Crippen LogP contribution in [0.2, 0.25) is 0 Å². The monoisotopic (exact) mass is 227 g/mol. The van der Waals surface area contributed by atoms with Gasteiger partial charge in [-0.3, -0.25) is 4.79 Å². The first kappa shape index (κ1) is 13.0. The third kappa shape index (κ3) is 1.81. The van der Waals surface area contributed by atoms with Gasteiger partial charge in [0, 0.05) is 5.54 Å². The van der Waals surface area contributed by atoms with Crippen molar-refractivity contribution in [2.24, 2.45) is 5.41 Å². The topological polar surface area (TPSA) is 46.6 Å². The highest BCUT2D eigenvalue weighted by Gasteiger charge is 2.61. The summed E-state index contributed by atoms with van der Waals surface area (Å²) in [5.74, 6) is -0.292. The summed E-state index contributed by atoms with van der Waals surface area (Å²) in [6, 6.07) is -0.458. The van der Waals surface area contributed by atoms with Gasteiger partial charge in [0.25, 0.3) is 0 Å². The average molecular weight is 227 g/mol. The first-order chi connectivity index (χ1) is 7.14. The molecule has 0 spiro atoms. The van der Waals surface area contributed by atoms with Crippen LogP contribution in [0.1, 0.15) is 41.5 Å². The van der Waals surface area contributed by atoms with Crippen LogP contribution in [0.3, 0.4) is 0 Å². The van der Waals surface area contributed by atoms with Crippen molar-refractivity contribution in [2.45, 2.75) is 53.1 Å². The van der Waals surface area contributed by atoms with E-state index in [0.717, 1.165) is 0 Å². The zero-order chi connectivity index (χ0) is 12.7. The third-order valence-electron chi connectivity index (χ3n) is 2.94. The van der Waals surface area contributed by atoms with Crippen molar-refractivity contribution in [3.63, 3.8) is 0 Å². The fourth-order valence-electron chi connectivity index (χ4n) is 2.11. The average Bonchev–Trinajstić information content (AvgIpc) is 2.11. The van der Waals surface area contributed by atoms with E-state index >= 15 is 0 Å². The Hall–Kier alpha value is -1.06. The Morgan fingerprint density at radius 2 is 1.94 bits per heavy atom. The Balaban J connectivity index is 2.95. The second kappa shape index (κ2) is 3.75. The van der Waals surface area contributed by atoms with E-state index < -0.39 is 11.5 Å². The number of hydrogen-bond donors (Lipinski definition) is 0. The molecule has 4 nitrogen and oxygen atoms in total. The second-order valence-electron chi connectivity index (χ2n) is 5.72. The van der Waals surface area contributed by atoms with Gasteiger partial charge in [-0.1, -0.05) is 0 Å². The van der Waals surface area contributed by atoms with E-state index in [0.29, 0.717) is 6.61 Å². The Bertz CT molecular complexity index is 315. The van der Waals surface area contributed by atoms with E-state index in [4.69, 9.17) is 4.74 Å². The summed E-state index contributed by atoms with van der Waals surface area (Å²) >= 11 is 0. The van der Waals surface area contributed by atoms with Crippen LogP contribution in [0.15, 0.2) is 0 Å². The smallest absolute Gasteiger partial charge is 0.329 e. The molecule has 0 radical (unpaired) electrons. The van der Waals surface area contributed by atoms with E-state index in [1.807, 2.05) is 20.8 Å². The van der Waals surface area contributed by atoms with Gasteiger partial charge in [-0.15, -0.1) is 0 Å². The minimum atomic E-state index is -0.639. The van der Waals surface area contributed by atoms with Crippen molar-refractivity contribution in [3.05, 3.63) is 0 Å². The molecule has 1 saturated heterocycles. The van der Waals surface area contributed by atoms with Crippen molar-refractivity contribution in [1.29, 1.82) is 0 Å². The van der Waals surface area contributed by atoms with Crippen LogP contribution in [0.4, 0.5) is 0 Å². The highest BCUT2D eigenvalue weighted by molar-refractivity contribution is 6.00. The van der Waals surface area contributed by atoms with Crippen LogP contribution in [0.25, 0.3) is 0 Å². The molecule has 1 fully saturated rings. The lowest BCUT2D eigenvalue weighted by molar-refractivity contribution is -0.193. The summed E-state index contributed by atoms with van der Waals surface area (Å²) in [5, 5.41) is 0. The predicted octanol–water partition coefficient (Wildman–Crippen LogP) is 1.58. The van der Waals surface area contributed by atoms with Crippen LogP contribution >= 0.6 is 0 Å². The minimum Gasteiger partial charge on any atom is -0.464 e. The lowest BCUT2D eigenvalue weighted by atomic mass is 9.71. The Morgan fingerprint density at radius 3 is 2.31 bits per heavy atom. The van der Waals surface area contributed by atoms with Crippen molar-refractivity contribution >= 4 is 11.9 Å². The SMILES string of the molecule is CCOC(=O)[C@H]1N(C(C)(C)C)C(=O)C1(C)C. The van der Waals surface area contributed by atoms with Gasteiger partial charge in [-0.25, -0.2) is 4.79 Å². The van der Waals surface area contributed by atoms with Gasteiger partial charge in [0.2, 0.25) is 5.91 Å². The Labute approximate surface area is 96.9 Å². The van der Waals surface area contributed by atoms with Gasteiger partial charge in [0.15, 0.2) is 0 Å². The zero-order valence-corrected chi connectivity index (χ0v) is 11.0. The number of hydrogen-bond acceptors (Lipinski definition) is 3. The zero-order valence-electron chi connectivity index (χ0n) is 11.0. The maximum atomic E-state index is 12.0. The van der Waals surface area contributed by atoms with Gasteiger partial charge in [0.05, 0.1) is 12.0 Å². The molecule has 0 unspecified atom stereocenters. The lowest BCUT2D eigenvalue weighted by Gasteiger charge is -2.56. The quantitative estimate of drug-likeness (QED) is 0.531. The molecule has 1 rings (SSSR count). The summed E-state index contributed by atoms with van der Waals surface area (Å²) in [6.45, 7) is 11.5. The number of amides is 1. The molecular formula is C12H21NO3. The molecule has 0 aromatic rings. The molecule has 1 heterocycles. The van der Waals surface area contributed by atoms with Crippen LogP contribution in [-0.4, -0.2) is 35.0 Å². The summed E-state index contributed by atoms with van der Waals surface area (Å²) in [5.41, 5.74) is -0.983. The molecule has 0 aromatic heterocycles. The van der Waals surface area contributed by atoms with E-state index in [1.54, 1.807) is 25.7 Å². The van der Waals surface area contributed by atoms with E-state index in [-0.39, 0.29) is 17.4 Å². The summed E-state index contributed by atoms with van der Waals surface area (Å²) < 4.78 is 5.02. The van der Waals surface area contributed by atoms with Crippen molar-refractivity contribution in [2.75, 3.05) is 6.61 Å². The number of ether oxygens (including phenoxy) is 1. The molecule has 1 amide bonds. The van der Waals surface area contributed by atoms with Crippen molar-refractivity contribution in [3.8, 4) is 0 Å². The molecule has 0 bridgehead atoms. The van der Waals surface area contributed by atoms with Crippen LogP contribution in [0, 0.1) is 5.41 Å².